The molecule has 1 fully saturated rings. The van der Waals surface area contributed by atoms with Crippen LogP contribution in [-0.4, -0.2) is 50.2 Å². The van der Waals surface area contributed by atoms with Crippen LogP contribution in [0, 0.1) is 0 Å². The van der Waals surface area contributed by atoms with Crippen molar-refractivity contribution in [2.45, 2.75) is 39.2 Å². The molecule has 0 aromatic carbocycles. The second-order valence-electron chi connectivity index (χ2n) is 6.08. The van der Waals surface area contributed by atoms with Crippen molar-refractivity contribution in [1.29, 1.82) is 0 Å². The Balaban J connectivity index is 2.01. The number of anilines is 1. The SMILES string of the molecule is CCCc1cc(CNC)cc(N(C)CCN2CCCC2)n1. The van der Waals surface area contributed by atoms with Crippen molar-refractivity contribution in [3.63, 3.8) is 0 Å². The third-order valence-electron chi connectivity index (χ3n) is 4.15. The predicted molar refractivity (Wildman–Crippen MR) is 89.9 cm³/mol. The van der Waals surface area contributed by atoms with E-state index in [1.165, 1.54) is 37.2 Å². The van der Waals surface area contributed by atoms with Gasteiger partial charge in [0.15, 0.2) is 0 Å². The zero-order chi connectivity index (χ0) is 15.1. The second kappa shape index (κ2) is 8.35. The maximum Gasteiger partial charge on any atom is 0.128 e. The monoisotopic (exact) mass is 290 g/mol. The van der Waals surface area contributed by atoms with Crippen LogP contribution in [-0.2, 0) is 13.0 Å². The van der Waals surface area contributed by atoms with Gasteiger partial charge >= 0.3 is 0 Å². The van der Waals surface area contributed by atoms with Gasteiger partial charge in [-0.3, -0.25) is 0 Å². The van der Waals surface area contributed by atoms with Gasteiger partial charge in [0.05, 0.1) is 0 Å². The summed E-state index contributed by atoms with van der Waals surface area (Å²) < 4.78 is 0. The number of rotatable bonds is 8. The molecule has 118 valence electrons. The number of aryl methyl sites for hydroxylation is 1. The number of hydrogen-bond acceptors (Lipinski definition) is 4. The highest BCUT2D eigenvalue weighted by atomic mass is 15.2. The largest absolute Gasteiger partial charge is 0.358 e. The molecule has 1 N–H and O–H groups in total. The molecule has 2 heterocycles. The summed E-state index contributed by atoms with van der Waals surface area (Å²) in [6, 6.07) is 4.46. The van der Waals surface area contributed by atoms with Crippen molar-refractivity contribution in [2.24, 2.45) is 0 Å². The zero-order valence-electron chi connectivity index (χ0n) is 13.9. The Morgan fingerprint density at radius 2 is 2.05 bits per heavy atom. The van der Waals surface area contributed by atoms with Gasteiger partial charge in [-0.15, -0.1) is 0 Å². The van der Waals surface area contributed by atoms with Crippen LogP contribution in [0.25, 0.3) is 0 Å². The Morgan fingerprint density at radius 3 is 2.71 bits per heavy atom. The summed E-state index contributed by atoms with van der Waals surface area (Å²) in [6.07, 6.45) is 4.93. The number of nitrogens with one attached hydrogen (secondary N) is 1. The van der Waals surface area contributed by atoms with E-state index in [1.54, 1.807) is 0 Å². The lowest BCUT2D eigenvalue weighted by atomic mass is 10.1. The van der Waals surface area contributed by atoms with Gasteiger partial charge < -0.3 is 15.1 Å². The average molecular weight is 290 g/mol. The van der Waals surface area contributed by atoms with Gasteiger partial charge in [0.1, 0.15) is 5.82 Å². The number of likely N-dealkylation sites (N-methyl/N-ethyl adjacent to an activating group) is 1. The summed E-state index contributed by atoms with van der Waals surface area (Å²) in [4.78, 5) is 9.69. The molecule has 21 heavy (non-hydrogen) atoms. The van der Waals surface area contributed by atoms with Gasteiger partial charge in [-0.05, 0) is 57.1 Å². The first kappa shape index (κ1) is 16.2. The molecule has 0 saturated carbocycles. The summed E-state index contributed by atoms with van der Waals surface area (Å²) >= 11 is 0. The minimum Gasteiger partial charge on any atom is -0.358 e. The van der Waals surface area contributed by atoms with E-state index in [0.29, 0.717) is 0 Å². The number of hydrogen-bond donors (Lipinski definition) is 1. The molecule has 1 aliphatic heterocycles. The molecule has 0 amide bonds. The van der Waals surface area contributed by atoms with Crippen LogP contribution in [0.2, 0.25) is 0 Å². The Hall–Kier alpha value is -1.13. The van der Waals surface area contributed by atoms with Crippen LogP contribution in [0.15, 0.2) is 12.1 Å². The highest BCUT2D eigenvalue weighted by Crippen LogP contribution is 2.16. The molecule has 0 aliphatic carbocycles. The standard InChI is InChI=1S/C17H30N4/c1-4-7-16-12-15(14-18-2)13-17(19-16)20(3)10-11-21-8-5-6-9-21/h12-13,18H,4-11,14H2,1-3H3. The van der Waals surface area contributed by atoms with Crippen molar-refractivity contribution in [3.05, 3.63) is 23.4 Å². The first-order valence-electron chi connectivity index (χ1n) is 8.31. The van der Waals surface area contributed by atoms with E-state index in [4.69, 9.17) is 4.98 Å². The lowest BCUT2D eigenvalue weighted by Crippen LogP contribution is -2.32. The van der Waals surface area contributed by atoms with Crippen molar-refractivity contribution < 1.29 is 0 Å². The molecule has 1 aromatic rings. The third kappa shape index (κ3) is 4.97. The number of likely N-dealkylation sites (tertiary alicyclic amines) is 1. The summed E-state index contributed by atoms with van der Waals surface area (Å²) in [5.41, 5.74) is 2.55. The molecule has 0 unspecified atom stereocenters. The fraction of sp³-hybridized carbons (Fsp3) is 0.706. The van der Waals surface area contributed by atoms with Crippen LogP contribution in [0.1, 0.15) is 37.4 Å². The van der Waals surface area contributed by atoms with E-state index < -0.39 is 0 Å². The molecule has 0 bridgehead atoms. The van der Waals surface area contributed by atoms with Gasteiger partial charge in [-0.1, -0.05) is 13.3 Å². The highest BCUT2D eigenvalue weighted by molar-refractivity contribution is 5.42. The van der Waals surface area contributed by atoms with Gasteiger partial charge in [0.2, 0.25) is 0 Å². The summed E-state index contributed by atoms with van der Waals surface area (Å²) in [7, 11) is 4.16. The summed E-state index contributed by atoms with van der Waals surface area (Å²) in [5, 5.41) is 3.24. The fourth-order valence-corrected chi connectivity index (χ4v) is 2.93. The van der Waals surface area contributed by atoms with E-state index >= 15 is 0 Å². The lowest BCUT2D eigenvalue weighted by Gasteiger charge is -2.23. The highest BCUT2D eigenvalue weighted by Gasteiger charge is 2.13. The van der Waals surface area contributed by atoms with Gasteiger partial charge in [0.25, 0.3) is 0 Å². The lowest BCUT2D eigenvalue weighted by molar-refractivity contribution is 0.346. The minimum absolute atomic E-state index is 0.909. The number of aromatic nitrogens is 1. The molecule has 4 nitrogen and oxygen atoms in total. The number of pyridine rings is 1. The first-order chi connectivity index (χ1) is 10.2. The number of nitrogens with zero attached hydrogens (tertiary/aromatic N) is 3. The average Bonchev–Trinajstić information content (AvgIpc) is 2.98. The van der Waals surface area contributed by atoms with Gasteiger partial charge in [-0.2, -0.15) is 0 Å². The second-order valence-corrected chi connectivity index (χ2v) is 6.08. The van der Waals surface area contributed by atoms with Crippen LogP contribution in [0.5, 0.6) is 0 Å². The smallest absolute Gasteiger partial charge is 0.128 e. The predicted octanol–water partition coefficient (Wildman–Crippen LogP) is 2.29. The van der Waals surface area contributed by atoms with E-state index in [1.807, 2.05) is 7.05 Å². The molecule has 1 aliphatic rings. The normalized spacial score (nSPS) is 15.6. The Kier molecular flexibility index (Phi) is 6.46. The fourth-order valence-electron chi connectivity index (χ4n) is 2.93. The van der Waals surface area contributed by atoms with E-state index in [0.717, 1.165) is 38.3 Å². The topological polar surface area (TPSA) is 31.4 Å². The van der Waals surface area contributed by atoms with Crippen molar-refractivity contribution in [2.75, 3.05) is 45.2 Å². The van der Waals surface area contributed by atoms with Crippen molar-refractivity contribution in [1.82, 2.24) is 15.2 Å². The quantitative estimate of drug-likeness (QED) is 0.796. The van der Waals surface area contributed by atoms with Gasteiger partial charge in [-0.25, -0.2) is 4.98 Å². The Bertz CT molecular complexity index is 403. The molecule has 2 rings (SSSR count). The van der Waals surface area contributed by atoms with Crippen LogP contribution < -0.4 is 10.2 Å². The zero-order valence-corrected chi connectivity index (χ0v) is 13.9. The molecule has 4 heteroatoms. The Labute approximate surface area is 129 Å². The minimum atomic E-state index is 0.909. The van der Waals surface area contributed by atoms with E-state index in [2.05, 4.69) is 41.2 Å². The molecular weight excluding hydrogens is 260 g/mol. The van der Waals surface area contributed by atoms with Crippen molar-refractivity contribution >= 4 is 5.82 Å². The maximum absolute atomic E-state index is 4.83. The molecular formula is C17H30N4. The molecule has 0 radical (unpaired) electrons. The van der Waals surface area contributed by atoms with E-state index in [-0.39, 0.29) is 0 Å². The molecule has 1 aromatic heterocycles. The van der Waals surface area contributed by atoms with Crippen LogP contribution >= 0.6 is 0 Å². The van der Waals surface area contributed by atoms with Crippen LogP contribution in [0.4, 0.5) is 5.82 Å². The third-order valence-corrected chi connectivity index (χ3v) is 4.15. The molecule has 0 spiro atoms. The maximum atomic E-state index is 4.83. The molecule has 1 saturated heterocycles. The van der Waals surface area contributed by atoms with Crippen LogP contribution in [0.3, 0.4) is 0 Å². The van der Waals surface area contributed by atoms with E-state index in [9.17, 15) is 0 Å². The summed E-state index contributed by atoms with van der Waals surface area (Å²) in [5.74, 6) is 1.12. The first-order valence-corrected chi connectivity index (χ1v) is 8.31. The van der Waals surface area contributed by atoms with Crippen molar-refractivity contribution in [3.8, 4) is 0 Å². The Morgan fingerprint density at radius 1 is 1.29 bits per heavy atom. The van der Waals surface area contributed by atoms with Gasteiger partial charge in [0, 0.05) is 32.4 Å². The molecule has 0 atom stereocenters. The summed E-state index contributed by atoms with van der Waals surface area (Å²) in [6.45, 7) is 7.86.